The zero-order valence-electron chi connectivity index (χ0n) is 10.0. The van der Waals surface area contributed by atoms with Crippen molar-refractivity contribution in [2.45, 2.75) is 18.5 Å². The number of hydrogen-bond donors (Lipinski definition) is 1. The average molecular weight is 260 g/mol. The van der Waals surface area contributed by atoms with Crippen LogP contribution in [0.4, 0.5) is 4.79 Å². The van der Waals surface area contributed by atoms with Crippen LogP contribution in [0.3, 0.4) is 0 Å². The van der Waals surface area contributed by atoms with Gasteiger partial charge in [0.1, 0.15) is 6.04 Å². The molecule has 1 N–H and O–H groups in total. The molecule has 3 amide bonds. The Hall–Kier alpha value is -2.37. The number of imide groups is 1. The van der Waals surface area contributed by atoms with Gasteiger partial charge in [0, 0.05) is 18.5 Å². The van der Waals surface area contributed by atoms with Gasteiger partial charge in [0.2, 0.25) is 0 Å². The number of carboxylic acid groups (broad SMARTS) is 1. The number of carbonyl (C=O) groups excluding carboxylic acids is 2. The molecule has 6 nitrogen and oxygen atoms in total. The Morgan fingerprint density at radius 1 is 1.21 bits per heavy atom. The zero-order chi connectivity index (χ0) is 13.6. The summed E-state index contributed by atoms with van der Waals surface area (Å²) in [6.07, 6.45) is 0.305. The third kappa shape index (κ3) is 1.68. The van der Waals surface area contributed by atoms with E-state index in [1.165, 1.54) is 9.80 Å². The Labute approximate surface area is 109 Å². The predicted octanol–water partition coefficient (Wildman–Crippen LogP) is 0.790. The van der Waals surface area contributed by atoms with Crippen LogP contribution in [0.2, 0.25) is 0 Å². The van der Waals surface area contributed by atoms with E-state index in [1.54, 1.807) is 30.3 Å². The number of fused-ring (bicyclic) bond motifs is 2. The highest BCUT2D eigenvalue weighted by atomic mass is 16.4. The largest absolute Gasteiger partial charge is 0.480 e. The Balaban J connectivity index is 1.85. The Morgan fingerprint density at radius 2 is 1.89 bits per heavy atom. The van der Waals surface area contributed by atoms with Crippen molar-refractivity contribution in [3.05, 3.63) is 35.9 Å². The quantitative estimate of drug-likeness (QED) is 0.852. The molecule has 2 atom stereocenters. The second kappa shape index (κ2) is 4.08. The Kier molecular flexibility index (Phi) is 2.51. The van der Waals surface area contributed by atoms with Gasteiger partial charge in [-0.1, -0.05) is 18.2 Å². The lowest BCUT2D eigenvalue weighted by Gasteiger charge is -2.28. The molecule has 98 valence electrons. The number of carboxylic acids is 1. The lowest BCUT2D eigenvalue weighted by Crippen LogP contribution is -2.50. The minimum Gasteiger partial charge on any atom is -0.480 e. The van der Waals surface area contributed by atoms with Crippen LogP contribution < -0.4 is 0 Å². The van der Waals surface area contributed by atoms with Crippen LogP contribution in [0, 0.1) is 0 Å². The standard InChI is InChI=1S/C13H12N2O4/c16-11(8-4-2-1-3-5-8)15-9-6-10(12(17)18)14(7-9)13(15)19/h1-5,9-10H,6-7H2,(H,17,18). The van der Waals surface area contributed by atoms with E-state index in [4.69, 9.17) is 5.11 Å². The number of rotatable bonds is 2. The van der Waals surface area contributed by atoms with Crippen LogP contribution in [-0.4, -0.2) is 51.4 Å². The smallest absolute Gasteiger partial charge is 0.328 e. The van der Waals surface area contributed by atoms with Gasteiger partial charge in [0.25, 0.3) is 5.91 Å². The molecule has 0 spiro atoms. The van der Waals surface area contributed by atoms with Gasteiger partial charge >= 0.3 is 12.0 Å². The molecule has 0 aliphatic carbocycles. The van der Waals surface area contributed by atoms with Gasteiger partial charge in [0.05, 0.1) is 6.04 Å². The van der Waals surface area contributed by atoms with Gasteiger partial charge in [-0.3, -0.25) is 9.69 Å². The summed E-state index contributed by atoms with van der Waals surface area (Å²) >= 11 is 0. The molecule has 1 aromatic carbocycles. The summed E-state index contributed by atoms with van der Waals surface area (Å²) in [7, 11) is 0. The fraction of sp³-hybridized carbons (Fsp3) is 0.308. The highest BCUT2D eigenvalue weighted by Crippen LogP contribution is 2.32. The summed E-state index contributed by atoms with van der Waals surface area (Å²) in [6, 6.07) is 6.91. The number of hydrogen-bond acceptors (Lipinski definition) is 3. The molecule has 2 fully saturated rings. The van der Waals surface area contributed by atoms with Crippen LogP contribution in [0.1, 0.15) is 16.8 Å². The third-order valence-corrected chi connectivity index (χ3v) is 3.62. The van der Waals surface area contributed by atoms with Crippen LogP contribution in [0.5, 0.6) is 0 Å². The number of carbonyl (C=O) groups is 3. The molecule has 2 bridgehead atoms. The number of amides is 3. The molecule has 0 radical (unpaired) electrons. The van der Waals surface area contributed by atoms with Crippen LogP contribution in [0.15, 0.2) is 30.3 Å². The summed E-state index contributed by atoms with van der Waals surface area (Å²) in [6.45, 7) is 0.314. The molecule has 3 rings (SSSR count). The van der Waals surface area contributed by atoms with Gasteiger partial charge in [-0.2, -0.15) is 0 Å². The summed E-state index contributed by atoms with van der Waals surface area (Å²) < 4.78 is 0. The number of aliphatic carboxylic acids is 1. The topological polar surface area (TPSA) is 77.9 Å². The summed E-state index contributed by atoms with van der Waals surface area (Å²) in [4.78, 5) is 37.7. The van der Waals surface area contributed by atoms with Crippen molar-refractivity contribution < 1.29 is 19.5 Å². The maximum absolute atomic E-state index is 12.3. The maximum Gasteiger partial charge on any atom is 0.328 e. The third-order valence-electron chi connectivity index (χ3n) is 3.62. The second-order valence-corrected chi connectivity index (χ2v) is 4.72. The molecule has 2 unspecified atom stereocenters. The lowest BCUT2D eigenvalue weighted by atomic mass is 10.1. The number of nitrogens with zero attached hydrogens (tertiary/aromatic N) is 2. The lowest BCUT2D eigenvalue weighted by molar-refractivity contribution is -0.141. The first-order valence-corrected chi connectivity index (χ1v) is 6.01. The van der Waals surface area contributed by atoms with E-state index in [0.717, 1.165) is 0 Å². The molecule has 0 saturated carbocycles. The van der Waals surface area contributed by atoms with E-state index in [2.05, 4.69) is 0 Å². The molecule has 2 heterocycles. The van der Waals surface area contributed by atoms with Crippen molar-refractivity contribution in [1.29, 1.82) is 0 Å². The fourth-order valence-electron chi connectivity index (χ4n) is 2.71. The monoisotopic (exact) mass is 260 g/mol. The molecule has 2 aliphatic rings. The highest BCUT2D eigenvalue weighted by molar-refractivity contribution is 6.06. The molecule has 0 aromatic heterocycles. The van der Waals surface area contributed by atoms with Gasteiger partial charge in [-0.25, -0.2) is 9.59 Å². The van der Waals surface area contributed by atoms with E-state index in [1.807, 2.05) is 0 Å². The van der Waals surface area contributed by atoms with Gasteiger partial charge in [-0.15, -0.1) is 0 Å². The van der Waals surface area contributed by atoms with E-state index < -0.39 is 18.0 Å². The van der Waals surface area contributed by atoms with E-state index in [9.17, 15) is 14.4 Å². The Morgan fingerprint density at radius 3 is 2.47 bits per heavy atom. The molecular formula is C13H12N2O4. The Bertz CT molecular complexity index is 557. The average Bonchev–Trinajstić information content (AvgIpc) is 2.97. The van der Waals surface area contributed by atoms with Gasteiger partial charge in [0.15, 0.2) is 0 Å². The van der Waals surface area contributed by atoms with Crippen molar-refractivity contribution in [2.75, 3.05) is 6.54 Å². The van der Waals surface area contributed by atoms with E-state index in [-0.39, 0.29) is 11.9 Å². The van der Waals surface area contributed by atoms with Crippen molar-refractivity contribution in [1.82, 2.24) is 9.80 Å². The molecule has 2 saturated heterocycles. The van der Waals surface area contributed by atoms with Crippen molar-refractivity contribution in [3.8, 4) is 0 Å². The normalized spacial score (nSPS) is 24.9. The van der Waals surface area contributed by atoms with Crippen LogP contribution >= 0.6 is 0 Å². The minimum atomic E-state index is -1.01. The SMILES string of the molecule is O=C(O)C1CC2CN1C(=O)N2C(=O)c1ccccc1. The molecule has 19 heavy (non-hydrogen) atoms. The molecule has 2 aliphatic heterocycles. The first kappa shape index (κ1) is 11.7. The maximum atomic E-state index is 12.3. The molecule has 1 aromatic rings. The highest BCUT2D eigenvalue weighted by Gasteiger charge is 2.53. The summed E-state index contributed by atoms with van der Waals surface area (Å²) in [5, 5.41) is 9.00. The van der Waals surface area contributed by atoms with Gasteiger partial charge in [-0.05, 0) is 12.1 Å². The zero-order valence-corrected chi connectivity index (χ0v) is 10.0. The fourth-order valence-corrected chi connectivity index (χ4v) is 2.71. The summed E-state index contributed by atoms with van der Waals surface area (Å²) in [5.74, 6) is -1.37. The first-order chi connectivity index (χ1) is 9.09. The second-order valence-electron chi connectivity index (χ2n) is 4.72. The number of benzene rings is 1. The minimum absolute atomic E-state index is 0.305. The van der Waals surface area contributed by atoms with Crippen molar-refractivity contribution in [2.24, 2.45) is 0 Å². The van der Waals surface area contributed by atoms with Crippen molar-refractivity contribution >= 4 is 17.9 Å². The van der Waals surface area contributed by atoms with Gasteiger partial charge < -0.3 is 10.0 Å². The van der Waals surface area contributed by atoms with Crippen molar-refractivity contribution in [3.63, 3.8) is 0 Å². The number of urea groups is 1. The van der Waals surface area contributed by atoms with E-state index in [0.29, 0.717) is 18.5 Å². The predicted molar refractivity (Wildman–Crippen MR) is 64.5 cm³/mol. The molecular weight excluding hydrogens is 248 g/mol. The first-order valence-electron chi connectivity index (χ1n) is 6.01. The molecule has 6 heteroatoms. The van der Waals surface area contributed by atoms with Crippen LogP contribution in [0.25, 0.3) is 0 Å². The van der Waals surface area contributed by atoms with E-state index >= 15 is 0 Å². The summed E-state index contributed by atoms with van der Waals surface area (Å²) in [5.41, 5.74) is 0.441. The van der Waals surface area contributed by atoms with Crippen LogP contribution in [-0.2, 0) is 4.79 Å².